The second kappa shape index (κ2) is 7.03. The molecule has 0 bridgehead atoms. The van der Waals surface area contributed by atoms with Gasteiger partial charge in [-0.3, -0.25) is 0 Å². The van der Waals surface area contributed by atoms with Gasteiger partial charge >= 0.3 is 0 Å². The van der Waals surface area contributed by atoms with E-state index in [4.69, 9.17) is 0 Å². The van der Waals surface area contributed by atoms with Gasteiger partial charge in [-0.25, -0.2) is 22.0 Å². The molecule has 1 rings (SSSR count). The molecule has 0 saturated carbocycles. The molecule has 0 N–H and O–H groups in total. The molecule has 1 aromatic carbocycles. The van der Waals surface area contributed by atoms with Crippen molar-refractivity contribution in [3.05, 3.63) is 29.1 Å². The van der Waals surface area contributed by atoms with Crippen molar-refractivity contribution in [1.82, 2.24) is 0 Å². The Kier molecular flexibility index (Phi) is 6.00. The molecule has 0 aliphatic carbocycles. The van der Waals surface area contributed by atoms with Crippen LogP contribution in [0.25, 0.3) is 0 Å². The monoisotopic (exact) mass is 284 g/mol. The van der Waals surface area contributed by atoms with Gasteiger partial charge in [0, 0.05) is 17.8 Å². The van der Waals surface area contributed by atoms with Crippen molar-refractivity contribution in [3.63, 3.8) is 0 Å². The van der Waals surface area contributed by atoms with Crippen molar-refractivity contribution in [2.75, 3.05) is 0 Å². The van der Waals surface area contributed by atoms with E-state index in [1.54, 1.807) is 0 Å². The number of rotatable bonds is 6. The molecular weight excluding hydrogens is 270 g/mol. The van der Waals surface area contributed by atoms with Crippen molar-refractivity contribution >= 4 is 14.5 Å². The summed E-state index contributed by atoms with van der Waals surface area (Å²) in [6, 6.07) is 0.511. The van der Waals surface area contributed by atoms with Crippen molar-refractivity contribution in [1.29, 1.82) is 0 Å². The van der Waals surface area contributed by atoms with Crippen LogP contribution in [-0.4, -0.2) is 6.43 Å². The number of halogens is 5. The van der Waals surface area contributed by atoms with Gasteiger partial charge < -0.3 is 0 Å². The Morgan fingerprint density at radius 1 is 1.00 bits per heavy atom. The molecule has 0 aromatic heterocycles. The average molecular weight is 284 g/mol. The third kappa shape index (κ3) is 4.20. The summed E-state index contributed by atoms with van der Waals surface area (Å²) < 4.78 is 63.1. The van der Waals surface area contributed by atoms with Crippen LogP contribution in [0.2, 0.25) is 0 Å². The summed E-state index contributed by atoms with van der Waals surface area (Å²) in [5, 5.41) is -0.124. The van der Waals surface area contributed by atoms with Crippen LogP contribution in [-0.2, 0) is 6.42 Å². The first-order valence-corrected chi connectivity index (χ1v) is 6.21. The zero-order valence-corrected chi connectivity index (χ0v) is 10.8. The minimum Gasteiger partial charge on any atom is -0.211 e. The molecule has 0 heterocycles. The lowest BCUT2D eigenvalue weighted by Gasteiger charge is -2.09. The molecule has 1 aromatic rings. The van der Waals surface area contributed by atoms with Gasteiger partial charge in [0.25, 0.3) is 0 Å². The molecule has 18 heavy (non-hydrogen) atoms. The number of unbranched alkanes of at least 4 members (excludes halogenated alkanes) is 2. The fourth-order valence-corrected chi connectivity index (χ4v) is 2.10. The smallest absolute Gasteiger partial charge is 0.211 e. The minimum atomic E-state index is -2.33. The predicted molar refractivity (Wildman–Crippen MR) is 63.8 cm³/mol. The lowest BCUT2D eigenvalue weighted by atomic mass is 10.0. The van der Waals surface area contributed by atoms with Crippen LogP contribution in [0.5, 0.6) is 0 Å². The van der Waals surface area contributed by atoms with Crippen LogP contribution >= 0.6 is 9.24 Å². The second-order valence-electron chi connectivity index (χ2n) is 4.04. The topological polar surface area (TPSA) is 0 Å². The fourth-order valence-electron chi connectivity index (χ4n) is 1.68. The SMILES string of the molecule is Fc1cc(F)c(CCCCCC(F)F)c(P)c1F. The molecule has 1 unspecified atom stereocenters. The lowest BCUT2D eigenvalue weighted by molar-refractivity contribution is 0.134. The van der Waals surface area contributed by atoms with Crippen molar-refractivity contribution < 1.29 is 22.0 Å². The lowest BCUT2D eigenvalue weighted by Crippen LogP contribution is -2.12. The van der Waals surface area contributed by atoms with E-state index in [2.05, 4.69) is 0 Å². The molecule has 102 valence electrons. The molecule has 1 atom stereocenters. The summed E-state index contributed by atoms with van der Waals surface area (Å²) in [5.41, 5.74) is 0.0935. The maximum absolute atomic E-state index is 13.4. The maximum Gasteiger partial charge on any atom is 0.238 e. The van der Waals surface area contributed by atoms with Crippen LogP contribution < -0.4 is 5.30 Å². The molecule has 0 saturated heterocycles. The molecule has 0 spiro atoms. The quantitative estimate of drug-likeness (QED) is 0.321. The molecule has 0 amide bonds. The molecule has 0 aliphatic heterocycles. The summed E-state index contributed by atoms with van der Waals surface area (Å²) >= 11 is 0. The van der Waals surface area contributed by atoms with E-state index >= 15 is 0 Å². The Bertz CT molecular complexity index is 406. The first-order chi connectivity index (χ1) is 8.43. The number of hydrogen-bond acceptors (Lipinski definition) is 0. The van der Waals surface area contributed by atoms with E-state index in [-0.39, 0.29) is 23.7 Å². The number of hydrogen-bond donors (Lipinski definition) is 0. The zero-order valence-electron chi connectivity index (χ0n) is 9.66. The molecule has 0 aliphatic rings. The van der Waals surface area contributed by atoms with Gasteiger partial charge in [0.1, 0.15) is 5.82 Å². The summed E-state index contributed by atoms with van der Waals surface area (Å²) in [6.45, 7) is 0. The van der Waals surface area contributed by atoms with Gasteiger partial charge in [0.2, 0.25) is 6.43 Å². The van der Waals surface area contributed by atoms with Gasteiger partial charge in [-0.1, -0.05) is 6.42 Å². The van der Waals surface area contributed by atoms with E-state index in [0.29, 0.717) is 25.3 Å². The normalized spacial score (nSPS) is 11.3. The Labute approximate surface area is 105 Å². The van der Waals surface area contributed by atoms with E-state index in [1.165, 1.54) is 0 Å². The Balaban J connectivity index is 2.55. The third-order valence-corrected chi connectivity index (χ3v) is 3.26. The molecule has 0 fully saturated rings. The summed E-state index contributed by atoms with van der Waals surface area (Å²) in [4.78, 5) is 0. The van der Waals surface area contributed by atoms with E-state index < -0.39 is 23.9 Å². The van der Waals surface area contributed by atoms with Crippen LogP contribution in [0.1, 0.15) is 31.2 Å². The molecule has 0 nitrogen and oxygen atoms in total. The molecular formula is C12H14F5P. The third-order valence-electron chi connectivity index (χ3n) is 2.66. The highest BCUT2D eigenvalue weighted by atomic mass is 31.0. The first kappa shape index (κ1) is 15.4. The average Bonchev–Trinajstić information content (AvgIpc) is 2.29. The predicted octanol–water partition coefficient (Wildman–Crippen LogP) is 3.97. The second-order valence-corrected chi connectivity index (χ2v) is 4.61. The number of benzene rings is 1. The summed E-state index contributed by atoms with van der Waals surface area (Å²) in [6.07, 6.45) is -0.987. The highest BCUT2D eigenvalue weighted by molar-refractivity contribution is 7.27. The maximum atomic E-state index is 13.4. The Hall–Kier alpha value is -0.700. The van der Waals surface area contributed by atoms with Gasteiger partial charge in [-0.2, -0.15) is 0 Å². The van der Waals surface area contributed by atoms with Crippen LogP contribution in [0.15, 0.2) is 6.07 Å². The zero-order chi connectivity index (χ0) is 13.7. The fraction of sp³-hybridized carbons (Fsp3) is 0.500. The largest absolute Gasteiger partial charge is 0.238 e. The van der Waals surface area contributed by atoms with E-state index in [0.717, 1.165) is 0 Å². The van der Waals surface area contributed by atoms with Crippen molar-refractivity contribution in [3.8, 4) is 0 Å². The van der Waals surface area contributed by atoms with Crippen molar-refractivity contribution in [2.45, 2.75) is 38.5 Å². The Morgan fingerprint density at radius 2 is 1.67 bits per heavy atom. The van der Waals surface area contributed by atoms with Gasteiger partial charge in [0.15, 0.2) is 11.6 Å². The van der Waals surface area contributed by atoms with Crippen LogP contribution in [0.3, 0.4) is 0 Å². The van der Waals surface area contributed by atoms with Crippen LogP contribution in [0, 0.1) is 17.5 Å². The van der Waals surface area contributed by atoms with E-state index in [1.807, 2.05) is 9.24 Å². The summed E-state index contributed by atoms with van der Waals surface area (Å²) in [7, 11) is 1.97. The minimum absolute atomic E-state index is 0.0935. The highest BCUT2D eigenvalue weighted by Crippen LogP contribution is 2.17. The van der Waals surface area contributed by atoms with Gasteiger partial charge in [-0.15, -0.1) is 9.24 Å². The highest BCUT2D eigenvalue weighted by Gasteiger charge is 2.15. The Morgan fingerprint density at radius 3 is 2.28 bits per heavy atom. The van der Waals surface area contributed by atoms with Crippen molar-refractivity contribution in [2.24, 2.45) is 0 Å². The molecule has 0 radical (unpaired) electrons. The van der Waals surface area contributed by atoms with Gasteiger partial charge in [0.05, 0.1) is 0 Å². The summed E-state index contributed by atoms with van der Waals surface area (Å²) in [5.74, 6) is -3.10. The standard InChI is InChI=1S/C12H14F5P/c13-8-6-9(14)11(17)12(18)7(8)4-2-1-3-5-10(15)16/h6,10H,1-5,18H2. The molecule has 6 heteroatoms. The van der Waals surface area contributed by atoms with E-state index in [9.17, 15) is 22.0 Å². The number of alkyl halides is 2. The van der Waals surface area contributed by atoms with Crippen LogP contribution in [0.4, 0.5) is 22.0 Å². The first-order valence-electron chi connectivity index (χ1n) is 5.63. The van der Waals surface area contributed by atoms with Gasteiger partial charge in [-0.05, 0) is 24.8 Å².